The van der Waals surface area contributed by atoms with Crippen LogP contribution >= 0.6 is 0 Å². The van der Waals surface area contributed by atoms with Crippen LogP contribution < -0.4 is 10.9 Å². The molecule has 0 radical (unpaired) electrons. The number of amides is 1. The molecular formula is C20H33N5O5Si. The Labute approximate surface area is 182 Å². The Morgan fingerprint density at radius 1 is 1.45 bits per heavy atom. The summed E-state index contributed by atoms with van der Waals surface area (Å²) < 4.78 is 14.2. The largest absolute Gasteiger partial charge is 0.411 e. The van der Waals surface area contributed by atoms with Crippen molar-refractivity contribution >= 4 is 31.3 Å². The number of fused-ring (bicyclic) bond motifs is 1. The molecule has 1 aliphatic heterocycles. The van der Waals surface area contributed by atoms with Crippen molar-refractivity contribution in [3.63, 3.8) is 0 Å². The van der Waals surface area contributed by atoms with Crippen molar-refractivity contribution in [3.8, 4) is 0 Å². The Bertz CT molecular complexity index is 1010. The SMILES string of the molecule is CC(C)C(=O)Nc1nc2c(ncn2[C@H]2CC(O[Si](C)(C)C(C)(C)C)[C@@H](CO)O2)c(=O)[nH]1. The van der Waals surface area contributed by atoms with Gasteiger partial charge in [-0.25, -0.2) is 4.98 Å². The number of aromatic nitrogens is 4. The number of rotatable bonds is 6. The predicted octanol–water partition coefficient (Wildman–Crippen LogP) is 2.38. The molecule has 3 heterocycles. The Hall–Kier alpha value is -2.08. The molecule has 2 aromatic rings. The van der Waals surface area contributed by atoms with Gasteiger partial charge >= 0.3 is 0 Å². The molecule has 2 aromatic heterocycles. The lowest BCUT2D eigenvalue weighted by molar-refractivity contribution is -0.118. The molecule has 11 heteroatoms. The predicted molar refractivity (Wildman–Crippen MR) is 119 cm³/mol. The van der Waals surface area contributed by atoms with Gasteiger partial charge in [0.15, 0.2) is 19.5 Å². The van der Waals surface area contributed by atoms with Gasteiger partial charge in [-0.2, -0.15) is 4.98 Å². The first-order chi connectivity index (χ1) is 14.3. The summed E-state index contributed by atoms with van der Waals surface area (Å²) in [5.74, 6) is -0.458. The molecule has 10 nitrogen and oxygen atoms in total. The fourth-order valence-electron chi connectivity index (χ4n) is 3.17. The topological polar surface area (TPSA) is 131 Å². The Morgan fingerprint density at radius 3 is 2.71 bits per heavy atom. The molecule has 0 spiro atoms. The van der Waals surface area contributed by atoms with Crippen LogP contribution in [0.2, 0.25) is 18.1 Å². The maximum absolute atomic E-state index is 12.4. The Kier molecular flexibility index (Phi) is 6.43. The zero-order valence-electron chi connectivity index (χ0n) is 19.2. The number of aliphatic hydroxyl groups is 1. The third-order valence-corrected chi connectivity index (χ3v) is 10.6. The number of aliphatic hydroxyl groups excluding tert-OH is 1. The number of anilines is 1. The van der Waals surface area contributed by atoms with Gasteiger partial charge in [-0.3, -0.25) is 24.5 Å². The molecular weight excluding hydrogens is 418 g/mol. The lowest BCUT2D eigenvalue weighted by Crippen LogP contribution is -2.46. The Morgan fingerprint density at radius 2 is 2.13 bits per heavy atom. The summed E-state index contributed by atoms with van der Waals surface area (Å²) in [7, 11) is -2.08. The van der Waals surface area contributed by atoms with E-state index in [1.807, 2.05) is 0 Å². The molecule has 3 rings (SSSR count). The highest BCUT2D eigenvalue weighted by atomic mass is 28.4. The van der Waals surface area contributed by atoms with E-state index >= 15 is 0 Å². The summed E-state index contributed by atoms with van der Waals surface area (Å²) >= 11 is 0. The zero-order valence-corrected chi connectivity index (χ0v) is 20.2. The maximum atomic E-state index is 12.4. The van der Waals surface area contributed by atoms with E-state index in [2.05, 4.69) is 54.1 Å². The smallest absolute Gasteiger partial charge is 0.280 e. The number of aromatic amines is 1. The van der Waals surface area contributed by atoms with E-state index in [-0.39, 0.29) is 41.0 Å². The van der Waals surface area contributed by atoms with Crippen molar-refractivity contribution in [1.82, 2.24) is 19.5 Å². The summed E-state index contributed by atoms with van der Waals surface area (Å²) in [4.78, 5) is 35.6. The standard InChI is InChI=1S/C20H33N5O5Si/c1-11(2)17(27)23-19-22-16-15(18(28)24-19)21-10-25(16)14-8-12(13(9-26)29-14)30-31(6,7)20(3,4)5/h10-14,26H,8-9H2,1-7H3,(H2,22,23,24,27,28)/t12?,13-,14-/m1/s1. The van der Waals surface area contributed by atoms with E-state index in [1.54, 1.807) is 18.4 Å². The monoisotopic (exact) mass is 451 g/mol. The number of nitrogens with one attached hydrogen (secondary N) is 2. The van der Waals surface area contributed by atoms with Crippen molar-refractivity contribution < 1.29 is 19.1 Å². The second-order valence-corrected chi connectivity index (χ2v) is 14.6. The van der Waals surface area contributed by atoms with E-state index in [4.69, 9.17) is 9.16 Å². The first kappa shape index (κ1) is 23.6. The van der Waals surface area contributed by atoms with Crippen molar-refractivity contribution in [1.29, 1.82) is 0 Å². The van der Waals surface area contributed by atoms with Crippen LogP contribution in [0.5, 0.6) is 0 Å². The van der Waals surface area contributed by atoms with E-state index in [0.717, 1.165) is 0 Å². The molecule has 1 aliphatic rings. The quantitative estimate of drug-likeness (QED) is 0.575. The number of ether oxygens (including phenoxy) is 1. The highest BCUT2D eigenvalue weighted by molar-refractivity contribution is 6.74. The van der Waals surface area contributed by atoms with Crippen LogP contribution in [-0.2, 0) is 14.0 Å². The second kappa shape index (κ2) is 8.45. The molecule has 3 N–H and O–H groups in total. The minimum absolute atomic E-state index is 0.0190. The first-order valence-corrected chi connectivity index (χ1v) is 13.5. The fraction of sp³-hybridized carbons (Fsp3) is 0.700. The van der Waals surface area contributed by atoms with Gasteiger partial charge in [0, 0.05) is 12.3 Å². The van der Waals surface area contributed by atoms with Gasteiger partial charge in [-0.1, -0.05) is 34.6 Å². The van der Waals surface area contributed by atoms with E-state index < -0.39 is 26.2 Å². The molecule has 1 fully saturated rings. The highest BCUT2D eigenvalue weighted by Gasteiger charge is 2.45. The highest BCUT2D eigenvalue weighted by Crippen LogP contribution is 2.41. The van der Waals surface area contributed by atoms with Crippen LogP contribution in [0.25, 0.3) is 11.2 Å². The van der Waals surface area contributed by atoms with Crippen LogP contribution in [0.4, 0.5) is 5.95 Å². The first-order valence-electron chi connectivity index (χ1n) is 10.6. The average molecular weight is 452 g/mol. The van der Waals surface area contributed by atoms with Gasteiger partial charge in [0.25, 0.3) is 5.56 Å². The minimum Gasteiger partial charge on any atom is -0.411 e. The minimum atomic E-state index is -2.08. The van der Waals surface area contributed by atoms with Crippen LogP contribution in [-0.4, -0.2) is 57.7 Å². The summed E-state index contributed by atoms with van der Waals surface area (Å²) in [6.07, 6.45) is 0.717. The summed E-state index contributed by atoms with van der Waals surface area (Å²) in [6, 6.07) is 0. The van der Waals surface area contributed by atoms with Crippen LogP contribution in [0.3, 0.4) is 0 Å². The van der Waals surface area contributed by atoms with Gasteiger partial charge in [-0.15, -0.1) is 0 Å². The molecule has 1 amide bonds. The Balaban J connectivity index is 1.90. The number of carbonyl (C=O) groups is 1. The fourth-order valence-corrected chi connectivity index (χ4v) is 4.53. The number of carbonyl (C=O) groups excluding carboxylic acids is 1. The van der Waals surface area contributed by atoms with E-state index in [0.29, 0.717) is 12.1 Å². The van der Waals surface area contributed by atoms with Gasteiger partial charge in [0.05, 0.1) is 19.0 Å². The zero-order chi connectivity index (χ0) is 23.1. The van der Waals surface area contributed by atoms with Gasteiger partial charge in [0.1, 0.15) is 12.3 Å². The summed E-state index contributed by atoms with van der Waals surface area (Å²) in [5.41, 5.74) is 0.00603. The average Bonchev–Trinajstić information content (AvgIpc) is 3.24. The van der Waals surface area contributed by atoms with Crippen LogP contribution in [0, 0.1) is 5.92 Å². The van der Waals surface area contributed by atoms with Gasteiger partial charge < -0.3 is 14.3 Å². The summed E-state index contributed by atoms with van der Waals surface area (Å²) in [6.45, 7) is 14.1. The maximum Gasteiger partial charge on any atom is 0.280 e. The van der Waals surface area contributed by atoms with E-state index in [9.17, 15) is 14.7 Å². The van der Waals surface area contributed by atoms with Crippen LogP contribution in [0.15, 0.2) is 11.1 Å². The number of imidazole rings is 1. The number of H-pyrrole nitrogens is 1. The molecule has 0 saturated carbocycles. The van der Waals surface area contributed by atoms with Crippen molar-refractivity contribution in [2.75, 3.05) is 11.9 Å². The normalized spacial score (nSPS) is 22.4. The lowest BCUT2D eigenvalue weighted by atomic mass is 10.2. The molecule has 0 aromatic carbocycles. The van der Waals surface area contributed by atoms with Crippen molar-refractivity contribution in [2.45, 2.75) is 77.6 Å². The second-order valence-electron chi connectivity index (χ2n) is 9.85. The number of hydrogen-bond acceptors (Lipinski definition) is 7. The van der Waals surface area contributed by atoms with E-state index in [1.165, 1.54) is 6.33 Å². The van der Waals surface area contributed by atoms with Crippen LogP contribution in [0.1, 0.15) is 47.3 Å². The number of hydrogen-bond donors (Lipinski definition) is 3. The molecule has 31 heavy (non-hydrogen) atoms. The molecule has 3 atom stereocenters. The third kappa shape index (κ3) is 4.74. The van der Waals surface area contributed by atoms with Crippen molar-refractivity contribution in [2.24, 2.45) is 5.92 Å². The lowest BCUT2D eigenvalue weighted by Gasteiger charge is -2.39. The van der Waals surface area contributed by atoms with Gasteiger partial charge in [0.2, 0.25) is 11.9 Å². The third-order valence-electron chi connectivity index (χ3n) is 6.12. The molecule has 0 aliphatic carbocycles. The van der Waals surface area contributed by atoms with Crippen molar-refractivity contribution in [3.05, 3.63) is 16.7 Å². The molecule has 0 bridgehead atoms. The number of nitrogens with zero attached hydrogens (tertiary/aromatic N) is 3. The molecule has 172 valence electrons. The summed E-state index contributed by atoms with van der Waals surface area (Å²) in [5, 5.41) is 12.5. The molecule has 1 saturated heterocycles. The molecule has 1 unspecified atom stereocenters. The van der Waals surface area contributed by atoms with Gasteiger partial charge in [-0.05, 0) is 18.1 Å².